The van der Waals surface area contributed by atoms with E-state index < -0.39 is 0 Å². The molecule has 0 aliphatic carbocycles. The Morgan fingerprint density at radius 3 is 1.93 bits per heavy atom. The van der Waals surface area contributed by atoms with Gasteiger partial charge in [0.2, 0.25) is 5.91 Å². The Hall–Kier alpha value is -2.57. The molecule has 29 heavy (non-hydrogen) atoms. The van der Waals surface area contributed by atoms with Gasteiger partial charge >= 0.3 is 0 Å². The average molecular weight is 431 g/mol. The number of hydrogen-bond donors (Lipinski definition) is 0. The highest BCUT2D eigenvalue weighted by Gasteiger charge is 2.30. The van der Waals surface area contributed by atoms with Crippen LogP contribution in [0.15, 0.2) is 53.6 Å². The largest absolute Gasteiger partial charge is 0.368 e. The number of benzene rings is 2. The first-order chi connectivity index (χ1) is 14.0. The Kier molecular flexibility index (Phi) is 5.74. The van der Waals surface area contributed by atoms with Gasteiger partial charge in [0.25, 0.3) is 5.91 Å². The van der Waals surface area contributed by atoms with Crippen molar-refractivity contribution in [3.8, 4) is 0 Å². The molecule has 6 nitrogen and oxygen atoms in total. The summed E-state index contributed by atoms with van der Waals surface area (Å²) in [5, 5.41) is 6.95. The molecule has 8 heteroatoms. The Morgan fingerprint density at radius 2 is 1.34 bits per heavy atom. The summed E-state index contributed by atoms with van der Waals surface area (Å²) in [5.74, 6) is -0.233. The summed E-state index contributed by atoms with van der Waals surface area (Å²) < 4.78 is 0. The number of rotatable bonds is 3. The second-order valence-corrected chi connectivity index (χ2v) is 7.86. The van der Waals surface area contributed by atoms with Crippen molar-refractivity contribution in [2.75, 3.05) is 36.1 Å². The predicted molar refractivity (Wildman–Crippen MR) is 116 cm³/mol. The summed E-state index contributed by atoms with van der Waals surface area (Å²) in [5.41, 5.74) is 2.12. The van der Waals surface area contributed by atoms with Crippen LogP contribution in [-0.4, -0.2) is 48.6 Å². The molecule has 0 unspecified atom stereocenters. The Bertz CT molecular complexity index is 936. The molecule has 0 saturated carbocycles. The molecule has 150 valence electrons. The highest BCUT2D eigenvalue weighted by Crippen LogP contribution is 2.24. The maximum absolute atomic E-state index is 13.0. The van der Waals surface area contributed by atoms with E-state index >= 15 is 0 Å². The molecule has 2 heterocycles. The number of carbonyl (C=O) groups excluding carboxylic acids is 2. The highest BCUT2D eigenvalue weighted by atomic mass is 35.5. The summed E-state index contributed by atoms with van der Waals surface area (Å²) in [6.07, 6.45) is 0.622. The molecule has 2 aliphatic rings. The molecular formula is C21H20Cl2N4O2. The van der Waals surface area contributed by atoms with Gasteiger partial charge in [0, 0.05) is 54.8 Å². The molecule has 1 saturated heterocycles. The molecule has 0 N–H and O–H groups in total. The summed E-state index contributed by atoms with van der Waals surface area (Å²) in [7, 11) is 0. The number of amides is 2. The molecule has 0 bridgehead atoms. The van der Waals surface area contributed by atoms with Crippen LogP contribution in [0.4, 0.5) is 11.4 Å². The zero-order valence-electron chi connectivity index (χ0n) is 15.7. The molecule has 2 aromatic rings. The van der Waals surface area contributed by atoms with Gasteiger partial charge in [-0.15, -0.1) is 0 Å². The van der Waals surface area contributed by atoms with Crippen molar-refractivity contribution in [2.24, 2.45) is 5.10 Å². The first-order valence-electron chi connectivity index (χ1n) is 9.47. The number of hydrogen-bond acceptors (Lipinski definition) is 4. The third-order valence-corrected chi connectivity index (χ3v) is 5.61. The van der Waals surface area contributed by atoms with Crippen molar-refractivity contribution < 1.29 is 9.59 Å². The molecule has 1 fully saturated rings. The van der Waals surface area contributed by atoms with Crippen LogP contribution >= 0.6 is 23.2 Å². The van der Waals surface area contributed by atoms with Crippen LogP contribution < -0.4 is 9.91 Å². The second-order valence-electron chi connectivity index (χ2n) is 6.98. The quantitative estimate of drug-likeness (QED) is 0.743. The smallest absolute Gasteiger partial charge is 0.270 e. The summed E-state index contributed by atoms with van der Waals surface area (Å²) in [4.78, 5) is 29.3. The van der Waals surface area contributed by atoms with Gasteiger partial charge in [-0.25, -0.2) is 5.01 Å². The summed E-state index contributed by atoms with van der Waals surface area (Å²) in [6, 6.07) is 14.6. The normalized spacial score (nSPS) is 17.4. The minimum absolute atomic E-state index is 0.104. The van der Waals surface area contributed by atoms with Crippen molar-refractivity contribution in [3.63, 3.8) is 0 Å². The standard InChI is InChI=1S/C21H20Cl2N4O2/c22-15-1-5-17(6-2-15)25-11-13-26(14-12-25)21(29)19-9-10-20(28)27(24-19)18-7-3-16(23)4-8-18/h1-8H,9-14H2. The second kappa shape index (κ2) is 8.43. The van der Waals surface area contributed by atoms with Crippen molar-refractivity contribution in [3.05, 3.63) is 58.6 Å². The average Bonchev–Trinajstić information content (AvgIpc) is 2.75. The number of anilines is 2. The summed E-state index contributed by atoms with van der Waals surface area (Å²) in [6.45, 7) is 2.69. The van der Waals surface area contributed by atoms with E-state index in [2.05, 4.69) is 10.0 Å². The molecule has 2 aliphatic heterocycles. The van der Waals surface area contributed by atoms with Crippen molar-refractivity contribution in [2.45, 2.75) is 12.8 Å². The Balaban J connectivity index is 1.44. The van der Waals surface area contributed by atoms with Crippen LogP contribution in [0.2, 0.25) is 10.0 Å². The zero-order valence-corrected chi connectivity index (χ0v) is 17.2. The van der Waals surface area contributed by atoms with E-state index in [0.29, 0.717) is 41.0 Å². The Labute approximate surface area is 179 Å². The fourth-order valence-electron chi connectivity index (χ4n) is 3.49. The number of carbonyl (C=O) groups is 2. The number of halogens is 2. The van der Waals surface area contributed by atoms with Gasteiger partial charge in [-0.3, -0.25) is 9.59 Å². The predicted octanol–water partition coefficient (Wildman–Crippen LogP) is 3.83. The van der Waals surface area contributed by atoms with Crippen LogP contribution in [0, 0.1) is 0 Å². The molecule has 0 spiro atoms. The minimum Gasteiger partial charge on any atom is -0.368 e. The molecule has 0 radical (unpaired) electrons. The van der Waals surface area contributed by atoms with Gasteiger partial charge in [0.15, 0.2) is 0 Å². The van der Waals surface area contributed by atoms with E-state index in [1.807, 2.05) is 24.3 Å². The monoisotopic (exact) mass is 430 g/mol. The fraction of sp³-hybridized carbons (Fsp3) is 0.286. The van der Waals surface area contributed by atoms with Crippen molar-refractivity contribution in [1.29, 1.82) is 0 Å². The number of hydrazone groups is 1. The van der Waals surface area contributed by atoms with Gasteiger partial charge in [-0.05, 0) is 48.5 Å². The molecular weight excluding hydrogens is 411 g/mol. The first-order valence-corrected chi connectivity index (χ1v) is 10.2. The van der Waals surface area contributed by atoms with Crippen LogP contribution in [-0.2, 0) is 9.59 Å². The van der Waals surface area contributed by atoms with Crippen LogP contribution in [0.1, 0.15) is 12.8 Å². The van der Waals surface area contributed by atoms with Crippen LogP contribution in [0.5, 0.6) is 0 Å². The van der Waals surface area contributed by atoms with Gasteiger partial charge in [0.05, 0.1) is 5.69 Å². The van der Waals surface area contributed by atoms with Gasteiger partial charge < -0.3 is 9.80 Å². The van der Waals surface area contributed by atoms with Gasteiger partial charge in [0.1, 0.15) is 5.71 Å². The maximum atomic E-state index is 13.0. The van der Waals surface area contributed by atoms with E-state index in [4.69, 9.17) is 23.2 Å². The molecule has 0 aromatic heterocycles. The van der Waals surface area contributed by atoms with Gasteiger partial charge in [-0.2, -0.15) is 5.10 Å². The van der Waals surface area contributed by atoms with E-state index in [0.717, 1.165) is 18.8 Å². The highest BCUT2D eigenvalue weighted by molar-refractivity contribution is 6.40. The fourth-order valence-corrected chi connectivity index (χ4v) is 3.75. The first kappa shape index (κ1) is 19.7. The lowest BCUT2D eigenvalue weighted by Crippen LogP contribution is -2.51. The molecule has 0 atom stereocenters. The van der Waals surface area contributed by atoms with E-state index in [1.54, 1.807) is 29.2 Å². The number of nitrogens with zero attached hydrogens (tertiary/aromatic N) is 4. The van der Waals surface area contributed by atoms with E-state index in [9.17, 15) is 9.59 Å². The maximum Gasteiger partial charge on any atom is 0.270 e. The minimum atomic E-state index is -0.128. The Morgan fingerprint density at radius 1 is 0.793 bits per heavy atom. The summed E-state index contributed by atoms with van der Waals surface area (Å²) >= 11 is 11.9. The lowest BCUT2D eigenvalue weighted by molar-refractivity contribution is -0.124. The third kappa shape index (κ3) is 4.38. The lowest BCUT2D eigenvalue weighted by Gasteiger charge is -2.36. The third-order valence-electron chi connectivity index (χ3n) is 5.11. The van der Waals surface area contributed by atoms with Crippen molar-refractivity contribution in [1.82, 2.24) is 4.90 Å². The molecule has 4 rings (SSSR count). The number of piperazine rings is 1. The van der Waals surface area contributed by atoms with E-state index in [-0.39, 0.29) is 18.2 Å². The lowest BCUT2D eigenvalue weighted by atomic mass is 10.1. The van der Waals surface area contributed by atoms with E-state index in [1.165, 1.54) is 5.01 Å². The van der Waals surface area contributed by atoms with Gasteiger partial charge in [-0.1, -0.05) is 23.2 Å². The SMILES string of the molecule is O=C(C1=NN(c2ccc(Cl)cc2)C(=O)CC1)N1CCN(c2ccc(Cl)cc2)CC1. The topological polar surface area (TPSA) is 56.2 Å². The zero-order chi connectivity index (χ0) is 20.4. The molecule has 2 aromatic carbocycles. The van der Waals surface area contributed by atoms with Crippen LogP contribution in [0.25, 0.3) is 0 Å². The van der Waals surface area contributed by atoms with Crippen LogP contribution in [0.3, 0.4) is 0 Å². The molecule has 2 amide bonds. The van der Waals surface area contributed by atoms with Crippen molar-refractivity contribution >= 4 is 52.1 Å².